The summed E-state index contributed by atoms with van der Waals surface area (Å²) in [6.07, 6.45) is 4.22. The third-order valence-corrected chi connectivity index (χ3v) is 3.59. The number of aromatic hydroxyl groups is 1. The van der Waals surface area contributed by atoms with Crippen LogP contribution in [0.5, 0.6) is 5.75 Å². The van der Waals surface area contributed by atoms with E-state index in [9.17, 15) is 9.90 Å². The maximum Gasteiger partial charge on any atom is 0.255 e. The fraction of sp³-hybridized carbons (Fsp3) is 0.500. The van der Waals surface area contributed by atoms with Crippen LogP contribution in [0.15, 0.2) is 24.3 Å². The van der Waals surface area contributed by atoms with E-state index in [1.807, 2.05) is 0 Å². The number of hydrogen-bond acceptors (Lipinski definition) is 3. The van der Waals surface area contributed by atoms with Crippen LogP contribution in [0.4, 0.5) is 0 Å². The van der Waals surface area contributed by atoms with E-state index in [0.717, 1.165) is 25.7 Å². The molecule has 98 valence electrons. The highest BCUT2D eigenvalue weighted by atomic mass is 16.3. The molecular formula is C14H20N2O2. The molecule has 0 bridgehead atoms. The van der Waals surface area contributed by atoms with Crippen molar-refractivity contribution >= 4 is 5.91 Å². The van der Waals surface area contributed by atoms with Gasteiger partial charge in [-0.2, -0.15) is 0 Å². The van der Waals surface area contributed by atoms with Gasteiger partial charge in [0, 0.05) is 12.6 Å². The molecule has 1 aliphatic carbocycles. The SMILES string of the molecule is NC1CCC(CNC(=O)c2ccccc2O)CC1. The number of nitrogens with two attached hydrogens (primary N) is 1. The Bertz CT molecular complexity index is 412. The van der Waals surface area contributed by atoms with Crippen LogP contribution in [-0.2, 0) is 0 Å². The maximum absolute atomic E-state index is 11.9. The average molecular weight is 248 g/mol. The Labute approximate surface area is 107 Å². The first-order valence-corrected chi connectivity index (χ1v) is 6.48. The van der Waals surface area contributed by atoms with Gasteiger partial charge in [-0.25, -0.2) is 0 Å². The van der Waals surface area contributed by atoms with Gasteiger partial charge >= 0.3 is 0 Å². The molecule has 1 aliphatic rings. The molecule has 0 heterocycles. The number of carbonyl (C=O) groups excluding carboxylic acids is 1. The molecule has 1 aromatic rings. The minimum Gasteiger partial charge on any atom is -0.507 e. The normalized spacial score (nSPS) is 23.6. The van der Waals surface area contributed by atoms with Crippen LogP contribution in [0, 0.1) is 5.92 Å². The Morgan fingerprint density at radius 1 is 1.28 bits per heavy atom. The van der Waals surface area contributed by atoms with Crippen LogP contribution < -0.4 is 11.1 Å². The summed E-state index contributed by atoms with van der Waals surface area (Å²) in [7, 11) is 0. The van der Waals surface area contributed by atoms with Crippen molar-refractivity contribution in [3.05, 3.63) is 29.8 Å². The number of carbonyl (C=O) groups is 1. The smallest absolute Gasteiger partial charge is 0.255 e. The highest BCUT2D eigenvalue weighted by Crippen LogP contribution is 2.22. The van der Waals surface area contributed by atoms with Crippen molar-refractivity contribution in [2.24, 2.45) is 11.7 Å². The Kier molecular flexibility index (Phi) is 4.20. The second-order valence-corrected chi connectivity index (χ2v) is 5.01. The number of benzene rings is 1. The van der Waals surface area contributed by atoms with Gasteiger partial charge in [-0.1, -0.05) is 12.1 Å². The number of phenols is 1. The third kappa shape index (κ3) is 3.23. The van der Waals surface area contributed by atoms with Crippen molar-refractivity contribution in [1.29, 1.82) is 0 Å². The number of hydrogen-bond donors (Lipinski definition) is 3. The standard InChI is InChI=1S/C14H20N2O2/c15-11-7-5-10(6-8-11)9-16-14(18)12-3-1-2-4-13(12)17/h1-4,10-11,17H,5-9,15H2,(H,16,18). The van der Waals surface area contributed by atoms with Gasteiger partial charge in [0.2, 0.25) is 0 Å². The molecule has 1 fully saturated rings. The zero-order chi connectivity index (χ0) is 13.0. The monoisotopic (exact) mass is 248 g/mol. The second kappa shape index (κ2) is 5.87. The molecule has 4 N–H and O–H groups in total. The summed E-state index contributed by atoms with van der Waals surface area (Å²) in [5.74, 6) is 0.336. The highest BCUT2D eigenvalue weighted by molar-refractivity contribution is 5.96. The molecule has 0 atom stereocenters. The number of nitrogens with one attached hydrogen (secondary N) is 1. The summed E-state index contributed by atoms with van der Waals surface area (Å²) in [5.41, 5.74) is 6.18. The van der Waals surface area contributed by atoms with E-state index >= 15 is 0 Å². The molecule has 4 nitrogen and oxygen atoms in total. The van der Waals surface area contributed by atoms with Crippen molar-refractivity contribution in [3.63, 3.8) is 0 Å². The number of phenolic OH excluding ortho intramolecular Hbond substituents is 1. The number of rotatable bonds is 3. The fourth-order valence-corrected chi connectivity index (χ4v) is 2.39. The molecule has 1 amide bonds. The summed E-state index contributed by atoms with van der Waals surface area (Å²) < 4.78 is 0. The lowest BCUT2D eigenvalue weighted by Crippen LogP contribution is -2.34. The predicted molar refractivity (Wildman–Crippen MR) is 70.4 cm³/mol. The topological polar surface area (TPSA) is 75.3 Å². The summed E-state index contributed by atoms with van der Waals surface area (Å²) in [5, 5.41) is 12.5. The summed E-state index contributed by atoms with van der Waals surface area (Å²) in [6, 6.07) is 6.92. The largest absolute Gasteiger partial charge is 0.507 e. The molecule has 0 unspecified atom stereocenters. The Balaban J connectivity index is 1.84. The predicted octanol–water partition coefficient (Wildman–Crippen LogP) is 1.64. The van der Waals surface area contributed by atoms with Crippen LogP contribution in [0.2, 0.25) is 0 Å². The lowest BCUT2D eigenvalue weighted by molar-refractivity contribution is 0.0940. The van der Waals surface area contributed by atoms with E-state index < -0.39 is 0 Å². The zero-order valence-corrected chi connectivity index (χ0v) is 10.4. The van der Waals surface area contributed by atoms with Crippen molar-refractivity contribution in [2.75, 3.05) is 6.54 Å². The molecule has 2 rings (SSSR count). The molecule has 1 aromatic carbocycles. The van der Waals surface area contributed by atoms with Gasteiger partial charge in [-0.05, 0) is 43.7 Å². The van der Waals surface area contributed by atoms with E-state index in [-0.39, 0.29) is 11.7 Å². The fourth-order valence-electron chi connectivity index (χ4n) is 2.39. The van der Waals surface area contributed by atoms with E-state index in [1.54, 1.807) is 18.2 Å². The van der Waals surface area contributed by atoms with Crippen LogP contribution in [-0.4, -0.2) is 23.6 Å². The van der Waals surface area contributed by atoms with Gasteiger partial charge in [-0.3, -0.25) is 4.79 Å². The molecular weight excluding hydrogens is 228 g/mol. The van der Waals surface area contributed by atoms with Crippen molar-refractivity contribution in [2.45, 2.75) is 31.7 Å². The lowest BCUT2D eigenvalue weighted by atomic mass is 9.86. The van der Waals surface area contributed by atoms with Crippen molar-refractivity contribution in [1.82, 2.24) is 5.32 Å². The molecule has 4 heteroatoms. The summed E-state index contributed by atoms with van der Waals surface area (Å²) in [4.78, 5) is 11.9. The molecule has 0 spiro atoms. The molecule has 1 saturated carbocycles. The molecule has 18 heavy (non-hydrogen) atoms. The van der Waals surface area contributed by atoms with E-state index in [0.29, 0.717) is 24.1 Å². The van der Waals surface area contributed by atoms with E-state index in [1.165, 1.54) is 6.07 Å². The lowest BCUT2D eigenvalue weighted by Gasteiger charge is -2.26. The zero-order valence-electron chi connectivity index (χ0n) is 10.4. The maximum atomic E-state index is 11.9. The number of para-hydroxylation sites is 1. The van der Waals surface area contributed by atoms with Gasteiger partial charge in [0.1, 0.15) is 5.75 Å². The van der Waals surface area contributed by atoms with E-state index in [4.69, 9.17) is 5.73 Å². The van der Waals surface area contributed by atoms with Crippen molar-refractivity contribution in [3.8, 4) is 5.75 Å². The Morgan fingerprint density at radius 2 is 1.94 bits per heavy atom. The molecule has 0 saturated heterocycles. The van der Waals surface area contributed by atoms with E-state index in [2.05, 4.69) is 5.32 Å². The molecule has 0 aromatic heterocycles. The van der Waals surface area contributed by atoms with Crippen LogP contribution in [0.3, 0.4) is 0 Å². The van der Waals surface area contributed by atoms with Gasteiger partial charge in [0.05, 0.1) is 5.56 Å². The first-order valence-electron chi connectivity index (χ1n) is 6.48. The van der Waals surface area contributed by atoms with Crippen LogP contribution in [0.25, 0.3) is 0 Å². The summed E-state index contributed by atoms with van der Waals surface area (Å²) >= 11 is 0. The van der Waals surface area contributed by atoms with Gasteiger partial charge in [-0.15, -0.1) is 0 Å². The Morgan fingerprint density at radius 3 is 2.61 bits per heavy atom. The minimum atomic E-state index is -0.206. The van der Waals surface area contributed by atoms with Gasteiger partial charge in [0.25, 0.3) is 5.91 Å². The molecule has 0 radical (unpaired) electrons. The Hall–Kier alpha value is -1.55. The van der Waals surface area contributed by atoms with Gasteiger partial charge < -0.3 is 16.2 Å². The third-order valence-electron chi connectivity index (χ3n) is 3.59. The first kappa shape index (κ1) is 12.9. The highest BCUT2D eigenvalue weighted by Gasteiger charge is 2.19. The van der Waals surface area contributed by atoms with Gasteiger partial charge in [0.15, 0.2) is 0 Å². The quantitative estimate of drug-likeness (QED) is 0.761. The number of amides is 1. The molecule has 0 aliphatic heterocycles. The second-order valence-electron chi connectivity index (χ2n) is 5.01. The van der Waals surface area contributed by atoms with Crippen LogP contribution in [0.1, 0.15) is 36.0 Å². The summed E-state index contributed by atoms with van der Waals surface area (Å²) in [6.45, 7) is 0.667. The minimum absolute atomic E-state index is 0.0284. The average Bonchev–Trinajstić information content (AvgIpc) is 2.38. The first-order chi connectivity index (χ1) is 8.66. The van der Waals surface area contributed by atoms with Crippen LogP contribution >= 0.6 is 0 Å². The van der Waals surface area contributed by atoms with Crippen molar-refractivity contribution < 1.29 is 9.90 Å².